The Kier molecular flexibility index (Phi) is 5.14. The lowest BCUT2D eigenvalue weighted by Gasteiger charge is -2.32. The van der Waals surface area contributed by atoms with Crippen LogP contribution in [0.15, 0.2) is 39.9 Å². The number of benzene rings is 1. The molecule has 9 heteroatoms. The zero-order chi connectivity index (χ0) is 18.0. The first kappa shape index (κ1) is 17.7. The molecule has 1 saturated heterocycles. The van der Waals surface area contributed by atoms with Crippen LogP contribution in [0, 0.1) is 0 Å². The minimum Gasteiger partial charge on any atom is -0.454 e. The summed E-state index contributed by atoms with van der Waals surface area (Å²) in [7, 11) is -3.50. The van der Waals surface area contributed by atoms with Crippen LogP contribution in [0.1, 0.15) is 11.6 Å². The van der Waals surface area contributed by atoms with Gasteiger partial charge in [0.15, 0.2) is 11.5 Å². The largest absolute Gasteiger partial charge is 0.454 e. The molecule has 0 aliphatic carbocycles. The lowest BCUT2D eigenvalue weighted by molar-refractivity contribution is -0.937. The molecule has 26 heavy (non-hydrogen) atoms. The Labute approximate surface area is 156 Å². The second-order valence-corrected chi connectivity index (χ2v) is 9.16. The van der Waals surface area contributed by atoms with Crippen molar-refractivity contribution in [1.29, 1.82) is 0 Å². The van der Waals surface area contributed by atoms with E-state index in [0.29, 0.717) is 29.7 Å². The van der Waals surface area contributed by atoms with Crippen molar-refractivity contribution in [1.82, 2.24) is 4.72 Å². The summed E-state index contributed by atoms with van der Waals surface area (Å²) < 4.78 is 44.5. The smallest absolute Gasteiger partial charge is 0.250 e. The summed E-state index contributed by atoms with van der Waals surface area (Å²) in [5.74, 6) is 1.44. The monoisotopic (exact) mass is 397 g/mol. The van der Waals surface area contributed by atoms with E-state index in [4.69, 9.17) is 14.2 Å². The van der Waals surface area contributed by atoms with Crippen LogP contribution in [0.5, 0.6) is 11.5 Å². The normalized spacial score (nSPS) is 18.8. The van der Waals surface area contributed by atoms with Crippen molar-refractivity contribution in [2.45, 2.75) is 10.3 Å². The van der Waals surface area contributed by atoms with Gasteiger partial charge in [0.1, 0.15) is 23.3 Å². The minimum absolute atomic E-state index is 0.0249. The Balaban J connectivity index is 1.57. The van der Waals surface area contributed by atoms with Crippen molar-refractivity contribution >= 4 is 21.4 Å². The number of thiophene rings is 1. The summed E-state index contributed by atoms with van der Waals surface area (Å²) in [6.45, 7) is 3.55. The van der Waals surface area contributed by atoms with E-state index in [2.05, 4.69) is 4.72 Å². The molecule has 0 amide bonds. The van der Waals surface area contributed by atoms with Crippen LogP contribution in [0.4, 0.5) is 0 Å². The number of quaternary nitrogens is 1. The number of hydrogen-bond donors (Lipinski definition) is 2. The lowest BCUT2D eigenvalue weighted by Crippen LogP contribution is -3.15. The van der Waals surface area contributed by atoms with E-state index >= 15 is 0 Å². The number of rotatable bonds is 6. The standard InChI is InChI=1S/C17H20N2O5S2/c20-26(21,17-2-1-9-25-17)18-11-14(19-5-7-22-8-6-19)13-3-4-15-16(10-13)24-12-23-15/h1-4,9-10,14,18H,5-8,11-12H2/p+1/t14-/m0/s1. The fraction of sp³-hybridized carbons (Fsp3) is 0.412. The summed E-state index contributed by atoms with van der Waals surface area (Å²) >= 11 is 1.22. The van der Waals surface area contributed by atoms with Crippen molar-refractivity contribution in [3.05, 3.63) is 41.3 Å². The predicted octanol–water partition coefficient (Wildman–Crippen LogP) is 0.411. The van der Waals surface area contributed by atoms with E-state index in [9.17, 15) is 8.42 Å². The zero-order valence-electron chi connectivity index (χ0n) is 14.1. The molecule has 2 N–H and O–H groups in total. The van der Waals surface area contributed by atoms with Gasteiger partial charge in [-0.2, -0.15) is 0 Å². The zero-order valence-corrected chi connectivity index (χ0v) is 15.8. The topological polar surface area (TPSA) is 78.3 Å². The molecule has 1 fully saturated rings. The van der Waals surface area contributed by atoms with Crippen molar-refractivity contribution < 1.29 is 27.5 Å². The molecule has 0 unspecified atom stereocenters. The number of sulfonamides is 1. The van der Waals surface area contributed by atoms with Crippen LogP contribution in [0.25, 0.3) is 0 Å². The van der Waals surface area contributed by atoms with E-state index in [1.54, 1.807) is 17.5 Å². The highest BCUT2D eigenvalue weighted by Gasteiger charge is 2.30. The van der Waals surface area contributed by atoms with Gasteiger partial charge in [-0.05, 0) is 29.6 Å². The third kappa shape index (κ3) is 3.72. The highest BCUT2D eigenvalue weighted by molar-refractivity contribution is 7.91. The molecule has 140 valence electrons. The number of nitrogens with one attached hydrogen (secondary N) is 2. The molecule has 3 heterocycles. The molecule has 0 spiro atoms. The fourth-order valence-corrected chi connectivity index (χ4v) is 5.38. The highest BCUT2D eigenvalue weighted by Crippen LogP contribution is 2.33. The quantitative estimate of drug-likeness (QED) is 0.738. The molecule has 4 rings (SSSR count). The van der Waals surface area contributed by atoms with Crippen molar-refractivity contribution in [3.8, 4) is 11.5 Å². The molecule has 2 aliphatic heterocycles. The van der Waals surface area contributed by atoms with Crippen molar-refractivity contribution in [3.63, 3.8) is 0 Å². The number of ether oxygens (including phenoxy) is 3. The number of fused-ring (bicyclic) bond motifs is 1. The summed E-state index contributed by atoms with van der Waals surface area (Å²) in [5.41, 5.74) is 1.03. The number of hydrogen-bond acceptors (Lipinski definition) is 6. The van der Waals surface area contributed by atoms with Gasteiger partial charge in [0.25, 0.3) is 0 Å². The SMILES string of the molecule is O=S(=O)(NC[C@@H](c1ccc2c(c1)OCO2)[NH+]1CCOCC1)c1cccs1. The van der Waals surface area contributed by atoms with Gasteiger partial charge in [-0.15, -0.1) is 11.3 Å². The molecule has 7 nitrogen and oxygen atoms in total. The van der Waals surface area contributed by atoms with Gasteiger partial charge in [0.2, 0.25) is 16.8 Å². The van der Waals surface area contributed by atoms with E-state index in [-0.39, 0.29) is 12.8 Å². The minimum atomic E-state index is -3.50. The second kappa shape index (κ2) is 7.53. The van der Waals surface area contributed by atoms with Crippen molar-refractivity contribution in [2.75, 3.05) is 39.6 Å². The molecule has 1 aromatic carbocycles. The van der Waals surface area contributed by atoms with E-state index in [0.717, 1.165) is 24.4 Å². The molecule has 2 aliphatic rings. The van der Waals surface area contributed by atoms with Crippen LogP contribution in [-0.4, -0.2) is 48.1 Å². The van der Waals surface area contributed by atoms with Crippen LogP contribution in [0.3, 0.4) is 0 Å². The molecule has 1 aromatic heterocycles. The summed E-state index contributed by atoms with van der Waals surface area (Å²) in [6, 6.07) is 9.15. The van der Waals surface area contributed by atoms with E-state index < -0.39 is 10.0 Å². The molecule has 1 atom stereocenters. The van der Waals surface area contributed by atoms with Crippen molar-refractivity contribution in [2.24, 2.45) is 0 Å². The molecule has 0 saturated carbocycles. The second-order valence-electron chi connectivity index (χ2n) is 6.22. The van der Waals surface area contributed by atoms with Gasteiger partial charge in [-0.25, -0.2) is 13.1 Å². The maximum Gasteiger partial charge on any atom is 0.250 e. The summed E-state index contributed by atoms with van der Waals surface area (Å²) in [4.78, 5) is 1.30. The Hall–Kier alpha value is -1.65. The average Bonchev–Trinajstić information content (AvgIpc) is 3.34. The van der Waals surface area contributed by atoms with Gasteiger partial charge >= 0.3 is 0 Å². The Bertz CT molecular complexity index is 848. The molecule has 0 bridgehead atoms. The third-order valence-electron chi connectivity index (χ3n) is 4.66. The lowest BCUT2D eigenvalue weighted by atomic mass is 10.0. The Morgan fingerprint density at radius 2 is 1.96 bits per heavy atom. The van der Waals surface area contributed by atoms with Crippen LogP contribution in [0.2, 0.25) is 0 Å². The predicted molar refractivity (Wildman–Crippen MR) is 96.3 cm³/mol. The van der Waals surface area contributed by atoms with Gasteiger partial charge in [-0.1, -0.05) is 6.07 Å². The summed E-state index contributed by atoms with van der Waals surface area (Å²) in [6.07, 6.45) is 0. The maximum atomic E-state index is 12.5. The molecular formula is C17H21N2O5S2+. The van der Waals surface area contributed by atoms with Gasteiger partial charge in [-0.3, -0.25) is 0 Å². The first-order chi connectivity index (χ1) is 12.6. The Morgan fingerprint density at radius 3 is 2.73 bits per heavy atom. The fourth-order valence-electron chi connectivity index (χ4n) is 3.29. The molecular weight excluding hydrogens is 376 g/mol. The van der Waals surface area contributed by atoms with E-state index in [1.807, 2.05) is 18.2 Å². The molecule has 0 radical (unpaired) electrons. The summed E-state index contributed by atoms with van der Waals surface area (Å²) in [5, 5.41) is 1.76. The Morgan fingerprint density at radius 1 is 1.15 bits per heavy atom. The maximum absolute atomic E-state index is 12.5. The van der Waals surface area contributed by atoms with Gasteiger partial charge in [0, 0.05) is 5.56 Å². The van der Waals surface area contributed by atoms with Crippen LogP contribution < -0.4 is 19.1 Å². The average molecular weight is 397 g/mol. The third-order valence-corrected chi connectivity index (χ3v) is 7.49. The molecule has 2 aromatic rings. The van der Waals surface area contributed by atoms with Crippen LogP contribution in [-0.2, 0) is 14.8 Å². The highest BCUT2D eigenvalue weighted by atomic mass is 32.2. The first-order valence-electron chi connectivity index (χ1n) is 8.48. The van der Waals surface area contributed by atoms with E-state index in [1.165, 1.54) is 16.2 Å². The van der Waals surface area contributed by atoms with Gasteiger partial charge < -0.3 is 19.1 Å². The number of morpholine rings is 1. The van der Waals surface area contributed by atoms with Crippen LogP contribution >= 0.6 is 11.3 Å². The van der Waals surface area contributed by atoms with Gasteiger partial charge in [0.05, 0.1) is 19.8 Å². The first-order valence-corrected chi connectivity index (χ1v) is 10.8.